The Balaban J connectivity index is 4.83. The molecule has 0 saturated heterocycles. The van der Waals surface area contributed by atoms with Crippen molar-refractivity contribution in [3.63, 3.8) is 0 Å². The standard InChI is InChI=1S/C16H32N4O4S/c1-10(2)13(16(23)24)20-15(22)12(7-9-25-3)19-14(21)11(18)6-4-5-8-17/h10-13H,4-9,17-18H2,1-3H3,(H,19,21)(H,20,22)(H,23,24)/t11-,12-,13-/m0/s1. The molecule has 0 saturated carbocycles. The summed E-state index contributed by atoms with van der Waals surface area (Å²) in [5.41, 5.74) is 11.3. The number of amides is 2. The van der Waals surface area contributed by atoms with Crippen LogP contribution in [0.1, 0.15) is 39.5 Å². The Morgan fingerprint density at radius 3 is 2.20 bits per heavy atom. The molecule has 0 spiro atoms. The molecule has 0 aromatic rings. The van der Waals surface area contributed by atoms with Crippen molar-refractivity contribution in [1.82, 2.24) is 10.6 Å². The van der Waals surface area contributed by atoms with Gasteiger partial charge < -0.3 is 27.2 Å². The van der Waals surface area contributed by atoms with Crippen molar-refractivity contribution in [2.75, 3.05) is 18.6 Å². The SMILES string of the molecule is CSCC[C@H](NC(=O)[C@@H](N)CCCCN)C(=O)N[C@H](C(=O)O)C(C)C. The fourth-order valence-corrected chi connectivity index (χ4v) is 2.66. The number of rotatable bonds is 13. The van der Waals surface area contributed by atoms with Crippen molar-refractivity contribution in [1.29, 1.82) is 0 Å². The van der Waals surface area contributed by atoms with E-state index in [4.69, 9.17) is 11.5 Å². The van der Waals surface area contributed by atoms with Crippen LogP contribution in [-0.2, 0) is 14.4 Å². The molecule has 2 amide bonds. The van der Waals surface area contributed by atoms with E-state index in [-0.39, 0.29) is 5.92 Å². The van der Waals surface area contributed by atoms with Gasteiger partial charge >= 0.3 is 5.97 Å². The second kappa shape index (κ2) is 13.0. The van der Waals surface area contributed by atoms with Crippen LogP contribution in [0.25, 0.3) is 0 Å². The smallest absolute Gasteiger partial charge is 0.326 e. The van der Waals surface area contributed by atoms with E-state index in [9.17, 15) is 19.5 Å². The summed E-state index contributed by atoms with van der Waals surface area (Å²) in [5.74, 6) is -1.62. The molecule has 0 rings (SSSR count). The number of carboxylic acids is 1. The monoisotopic (exact) mass is 376 g/mol. The Bertz CT molecular complexity index is 434. The zero-order chi connectivity index (χ0) is 19.4. The predicted octanol–water partition coefficient (Wildman–Crippen LogP) is -0.0940. The van der Waals surface area contributed by atoms with E-state index in [1.165, 1.54) is 11.8 Å². The molecule has 0 fully saturated rings. The maximum atomic E-state index is 12.4. The number of thioether (sulfide) groups is 1. The first-order chi connectivity index (χ1) is 11.7. The molecule has 0 aliphatic rings. The molecule has 9 heteroatoms. The summed E-state index contributed by atoms with van der Waals surface area (Å²) >= 11 is 1.54. The number of nitrogens with one attached hydrogen (secondary N) is 2. The van der Waals surface area contributed by atoms with E-state index in [0.717, 1.165) is 12.8 Å². The average molecular weight is 377 g/mol. The Hall–Kier alpha value is -1.32. The number of nitrogens with two attached hydrogens (primary N) is 2. The van der Waals surface area contributed by atoms with Crippen LogP contribution in [0.4, 0.5) is 0 Å². The van der Waals surface area contributed by atoms with Crippen molar-refractivity contribution in [3.8, 4) is 0 Å². The van der Waals surface area contributed by atoms with Gasteiger partial charge in [0.15, 0.2) is 0 Å². The molecule has 0 aromatic carbocycles. The quantitative estimate of drug-likeness (QED) is 0.282. The topological polar surface area (TPSA) is 148 Å². The van der Waals surface area contributed by atoms with Gasteiger partial charge in [0.05, 0.1) is 6.04 Å². The molecular weight excluding hydrogens is 344 g/mol. The number of carbonyl (C=O) groups excluding carboxylic acids is 2. The maximum absolute atomic E-state index is 12.4. The Labute approximate surface area is 153 Å². The van der Waals surface area contributed by atoms with E-state index in [2.05, 4.69) is 10.6 Å². The first-order valence-electron chi connectivity index (χ1n) is 8.52. The van der Waals surface area contributed by atoms with Gasteiger partial charge in [0.25, 0.3) is 0 Å². The number of carbonyl (C=O) groups is 3. The number of hydrogen-bond donors (Lipinski definition) is 5. The van der Waals surface area contributed by atoms with Crippen molar-refractivity contribution in [2.24, 2.45) is 17.4 Å². The van der Waals surface area contributed by atoms with Crippen LogP contribution in [0.3, 0.4) is 0 Å². The van der Waals surface area contributed by atoms with E-state index >= 15 is 0 Å². The minimum Gasteiger partial charge on any atom is -0.480 e. The summed E-state index contributed by atoms with van der Waals surface area (Å²) in [5, 5.41) is 14.4. The third kappa shape index (κ3) is 9.66. The Kier molecular flexibility index (Phi) is 12.3. The lowest BCUT2D eigenvalue weighted by molar-refractivity contribution is -0.143. The van der Waals surface area contributed by atoms with Gasteiger partial charge in [-0.2, -0.15) is 11.8 Å². The normalized spacial score (nSPS) is 14.6. The fourth-order valence-electron chi connectivity index (χ4n) is 2.19. The second-order valence-electron chi connectivity index (χ2n) is 6.30. The summed E-state index contributed by atoms with van der Waals surface area (Å²) in [6, 6.07) is -2.52. The molecule has 0 heterocycles. The van der Waals surface area contributed by atoms with Gasteiger partial charge in [-0.25, -0.2) is 4.79 Å². The van der Waals surface area contributed by atoms with E-state index < -0.39 is 35.9 Å². The molecule has 0 bridgehead atoms. The van der Waals surface area contributed by atoms with Crippen molar-refractivity contribution in [2.45, 2.75) is 57.7 Å². The van der Waals surface area contributed by atoms with Gasteiger partial charge in [0, 0.05) is 0 Å². The molecule has 0 aliphatic carbocycles. The van der Waals surface area contributed by atoms with Gasteiger partial charge in [-0.05, 0) is 43.7 Å². The molecule has 25 heavy (non-hydrogen) atoms. The summed E-state index contributed by atoms with van der Waals surface area (Å²) < 4.78 is 0. The summed E-state index contributed by atoms with van der Waals surface area (Å²) in [4.78, 5) is 35.9. The molecule has 7 N–H and O–H groups in total. The molecule has 3 atom stereocenters. The second-order valence-corrected chi connectivity index (χ2v) is 7.29. The minimum absolute atomic E-state index is 0.267. The highest BCUT2D eigenvalue weighted by molar-refractivity contribution is 7.98. The lowest BCUT2D eigenvalue weighted by Gasteiger charge is -2.24. The molecule has 8 nitrogen and oxygen atoms in total. The molecule has 146 valence electrons. The highest BCUT2D eigenvalue weighted by Crippen LogP contribution is 2.06. The van der Waals surface area contributed by atoms with Gasteiger partial charge in [0.2, 0.25) is 11.8 Å². The van der Waals surface area contributed by atoms with E-state index in [1.807, 2.05) is 6.26 Å². The third-order valence-electron chi connectivity index (χ3n) is 3.78. The van der Waals surface area contributed by atoms with Gasteiger partial charge in [0.1, 0.15) is 12.1 Å². The lowest BCUT2D eigenvalue weighted by Crippen LogP contribution is -2.55. The first kappa shape index (κ1) is 23.7. The molecule has 0 unspecified atom stereocenters. The van der Waals surface area contributed by atoms with Gasteiger partial charge in [-0.3, -0.25) is 9.59 Å². The van der Waals surface area contributed by atoms with Crippen LogP contribution in [0.15, 0.2) is 0 Å². The zero-order valence-corrected chi connectivity index (χ0v) is 16.1. The third-order valence-corrected chi connectivity index (χ3v) is 4.42. The Morgan fingerprint density at radius 1 is 1.08 bits per heavy atom. The van der Waals surface area contributed by atoms with Crippen molar-refractivity contribution >= 4 is 29.5 Å². The van der Waals surface area contributed by atoms with Crippen LogP contribution in [0, 0.1) is 5.92 Å². The van der Waals surface area contributed by atoms with Gasteiger partial charge in [-0.15, -0.1) is 0 Å². The summed E-state index contributed by atoms with van der Waals surface area (Å²) in [7, 11) is 0. The van der Waals surface area contributed by atoms with Crippen LogP contribution in [0.2, 0.25) is 0 Å². The highest BCUT2D eigenvalue weighted by Gasteiger charge is 2.29. The molecular formula is C16H32N4O4S. The minimum atomic E-state index is -1.10. The van der Waals surface area contributed by atoms with Gasteiger partial charge in [-0.1, -0.05) is 20.3 Å². The number of aliphatic carboxylic acids is 1. The maximum Gasteiger partial charge on any atom is 0.326 e. The van der Waals surface area contributed by atoms with E-state index in [0.29, 0.717) is 25.1 Å². The van der Waals surface area contributed by atoms with Crippen LogP contribution in [-0.4, -0.2) is 59.6 Å². The summed E-state index contributed by atoms with van der Waals surface area (Å²) in [6.45, 7) is 3.96. The highest BCUT2D eigenvalue weighted by atomic mass is 32.2. The fraction of sp³-hybridized carbons (Fsp3) is 0.812. The largest absolute Gasteiger partial charge is 0.480 e. The molecule has 0 aliphatic heterocycles. The van der Waals surface area contributed by atoms with Crippen LogP contribution < -0.4 is 22.1 Å². The van der Waals surface area contributed by atoms with Crippen LogP contribution in [0.5, 0.6) is 0 Å². The summed E-state index contributed by atoms with van der Waals surface area (Å²) in [6.07, 6.45) is 4.30. The number of hydrogen-bond acceptors (Lipinski definition) is 6. The zero-order valence-electron chi connectivity index (χ0n) is 15.3. The number of unbranched alkanes of at least 4 members (excludes halogenated alkanes) is 1. The molecule has 0 aromatic heterocycles. The van der Waals surface area contributed by atoms with Crippen molar-refractivity contribution < 1.29 is 19.5 Å². The van der Waals surface area contributed by atoms with Crippen LogP contribution >= 0.6 is 11.8 Å². The van der Waals surface area contributed by atoms with Crippen molar-refractivity contribution in [3.05, 3.63) is 0 Å². The lowest BCUT2D eigenvalue weighted by atomic mass is 10.0. The Morgan fingerprint density at radius 2 is 1.72 bits per heavy atom. The predicted molar refractivity (Wildman–Crippen MR) is 100 cm³/mol. The first-order valence-corrected chi connectivity index (χ1v) is 9.92. The average Bonchev–Trinajstić information content (AvgIpc) is 2.55. The molecule has 0 radical (unpaired) electrons. The number of carboxylic acid groups (broad SMARTS) is 1. The van der Waals surface area contributed by atoms with E-state index in [1.54, 1.807) is 13.8 Å².